The van der Waals surface area contributed by atoms with Gasteiger partial charge in [0, 0.05) is 25.3 Å². The van der Waals surface area contributed by atoms with Crippen molar-refractivity contribution in [1.29, 1.82) is 0 Å². The van der Waals surface area contributed by atoms with Gasteiger partial charge in [0.25, 0.3) is 0 Å². The zero-order chi connectivity index (χ0) is 25.4. The van der Waals surface area contributed by atoms with Crippen LogP contribution in [0.4, 0.5) is 19.7 Å². The summed E-state index contributed by atoms with van der Waals surface area (Å²) in [5.41, 5.74) is 2.19. The third kappa shape index (κ3) is 6.49. The number of amides is 3. The van der Waals surface area contributed by atoms with E-state index in [4.69, 9.17) is 4.74 Å². The van der Waals surface area contributed by atoms with Crippen LogP contribution in [0.3, 0.4) is 0 Å². The number of carbonyl (C=O) groups is 3. The Bertz CT molecular complexity index is 1030. The molecule has 1 N–H and O–H groups in total. The fourth-order valence-corrected chi connectivity index (χ4v) is 4.26. The largest absolute Gasteiger partial charge is 0.465 e. The van der Waals surface area contributed by atoms with E-state index in [1.54, 1.807) is 58.3 Å². The standard InChI is InChI=1S/C26H32FN3O5/c1-3-4-7-23-18-28(13-14-29(23)26(33)34)25(32)30(22-8-5-6-20(15-22)16-27)17-19-9-11-21(12-10-19)24(31)35-2/h5-6,8-12,15,23H,3-4,7,13-14,16-18H2,1-2H3,(H,33,34). The molecule has 3 amide bonds. The number of anilines is 1. The molecule has 1 fully saturated rings. The first kappa shape index (κ1) is 26.0. The quantitative estimate of drug-likeness (QED) is 0.536. The Hall–Kier alpha value is -3.62. The number of carboxylic acid groups (broad SMARTS) is 1. The number of carbonyl (C=O) groups excluding carboxylic acids is 2. The van der Waals surface area contributed by atoms with E-state index >= 15 is 0 Å². The van der Waals surface area contributed by atoms with Crippen LogP contribution < -0.4 is 4.90 Å². The monoisotopic (exact) mass is 485 g/mol. The number of alkyl halides is 1. The molecule has 8 nitrogen and oxygen atoms in total. The molecule has 0 aromatic heterocycles. The predicted molar refractivity (Wildman–Crippen MR) is 130 cm³/mol. The molecule has 0 radical (unpaired) electrons. The molecule has 188 valence electrons. The van der Waals surface area contributed by atoms with E-state index in [0.29, 0.717) is 29.8 Å². The van der Waals surface area contributed by atoms with Crippen molar-refractivity contribution in [3.63, 3.8) is 0 Å². The Morgan fingerprint density at radius 2 is 1.86 bits per heavy atom. The van der Waals surface area contributed by atoms with Crippen LogP contribution in [0.25, 0.3) is 0 Å². The van der Waals surface area contributed by atoms with Crippen LogP contribution in [0.5, 0.6) is 0 Å². The Balaban J connectivity index is 1.87. The second-order valence-corrected chi connectivity index (χ2v) is 8.58. The van der Waals surface area contributed by atoms with Crippen molar-refractivity contribution in [3.05, 3.63) is 65.2 Å². The summed E-state index contributed by atoms with van der Waals surface area (Å²) >= 11 is 0. The number of piperazine rings is 1. The smallest absolute Gasteiger partial charge is 0.407 e. The van der Waals surface area contributed by atoms with Gasteiger partial charge in [-0.25, -0.2) is 18.8 Å². The van der Waals surface area contributed by atoms with Gasteiger partial charge in [-0.1, -0.05) is 44.0 Å². The maximum Gasteiger partial charge on any atom is 0.407 e. The van der Waals surface area contributed by atoms with Gasteiger partial charge in [0.1, 0.15) is 6.67 Å². The van der Waals surface area contributed by atoms with E-state index in [2.05, 4.69) is 0 Å². The number of rotatable bonds is 8. The van der Waals surface area contributed by atoms with Gasteiger partial charge in [-0.2, -0.15) is 0 Å². The van der Waals surface area contributed by atoms with Gasteiger partial charge in [-0.3, -0.25) is 4.90 Å². The summed E-state index contributed by atoms with van der Waals surface area (Å²) in [5, 5.41) is 9.60. The van der Waals surface area contributed by atoms with Gasteiger partial charge in [-0.05, 0) is 41.8 Å². The third-order valence-corrected chi connectivity index (χ3v) is 6.21. The average Bonchev–Trinajstić information content (AvgIpc) is 2.89. The van der Waals surface area contributed by atoms with Crippen molar-refractivity contribution in [2.45, 2.75) is 45.4 Å². The molecule has 0 bridgehead atoms. The number of urea groups is 1. The first-order valence-corrected chi connectivity index (χ1v) is 11.8. The summed E-state index contributed by atoms with van der Waals surface area (Å²) < 4.78 is 18.1. The molecule has 1 heterocycles. The van der Waals surface area contributed by atoms with E-state index in [9.17, 15) is 23.9 Å². The molecule has 1 unspecified atom stereocenters. The number of hydrogen-bond acceptors (Lipinski definition) is 4. The fraction of sp³-hybridized carbons (Fsp3) is 0.423. The van der Waals surface area contributed by atoms with Crippen molar-refractivity contribution in [2.24, 2.45) is 0 Å². The van der Waals surface area contributed by atoms with E-state index in [-0.39, 0.29) is 31.7 Å². The second kappa shape index (κ2) is 12.2. The highest BCUT2D eigenvalue weighted by molar-refractivity contribution is 5.92. The number of ether oxygens (including phenoxy) is 1. The highest BCUT2D eigenvalue weighted by Gasteiger charge is 2.34. The Morgan fingerprint density at radius 3 is 2.49 bits per heavy atom. The zero-order valence-electron chi connectivity index (χ0n) is 20.2. The highest BCUT2D eigenvalue weighted by Crippen LogP contribution is 2.24. The van der Waals surface area contributed by atoms with Crippen molar-refractivity contribution < 1.29 is 28.6 Å². The molecule has 0 aliphatic carbocycles. The van der Waals surface area contributed by atoms with Crippen LogP contribution in [0.2, 0.25) is 0 Å². The van der Waals surface area contributed by atoms with Crippen LogP contribution in [0, 0.1) is 0 Å². The molecule has 3 rings (SSSR count). The topological polar surface area (TPSA) is 90.4 Å². The second-order valence-electron chi connectivity index (χ2n) is 8.58. The molecule has 0 saturated carbocycles. The van der Waals surface area contributed by atoms with Gasteiger partial charge in [-0.15, -0.1) is 0 Å². The lowest BCUT2D eigenvalue weighted by Crippen LogP contribution is -2.58. The molecule has 1 atom stereocenters. The molecule has 0 spiro atoms. The lowest BCUT2D eigenvalue weighted by molar-refractivity contribution is 0.0600. The minimum Gasteiger partial charge on any atom is -0.465 e. The normalized spacial score (nSPS) is 15.6. The van der Waals surface area contributed by atoms with Crippen LogP contribution in [0.1, 0.15) is 47.7 Å². The van der Waals surface area contributed by atoms with Crippen molar-refractivity contribution in [2.75, 3.05) is 31.6 Å². The average molecular weight is 486 g/mol. The van der Waals surface area contributed by atoms with E-state index in [1.807, 2.05) is 6.92 Å². The van der Waals surface area contributed by atoms with E-state index in [0.717, 1.165) is 18.4 Å². The maximum atomic E-state index is 13.7. The minimum atomic E-state index is -0.976. The Kier molecular flexibility index (Phi) is 9.05. The summed E-state index contributed by atoms with van der Waals surface area (Å²) in [6.45, 7) is 2.40. The first-order chi connectivity index (χ1) is 16.9. The van der Waals surface area contributed by atoms with Crippen LogP contribution >= 0.6 is 0 Å². The maximum absolute atomic E-state index is 13.7. The van der Waals surface area contributed by atoms with Crippen LogP contribution in [-0.2, 0) is 18.0 Å². The minimum absolute atomic E-state index is 0.203. The molecule has 9 heteroatoms. The third-order valence-electron chi connectivity index (χ3n) is 6.21. The summed E-state index contributed by atoms with van der Waals surface area (Å²) in [4.78, 5) is 41.9. The molecule has 1 aliphatic heterocycles. The van der Waals surface area contributed by atoms with E-state index in [1.165, 1.54) is 12.0 Å². The lowest BCUT2D eigenvalue weighted by atomic mass is 10.1. The number of halogens is 1. The summed E-state index contributed by atoms with van der Waals surface area (Å²) in [6, 6.07) is 13.0. The predicted octanol–water partition coefficient (Wildman–Crippen LogP) is 4.92. The number of methoxy groups -OCH3 is 1. The highest BCUT2D eigenvalue weighted by atomic mass is 19.1. The van der Waals surface area contributed by atoms with Gasteiger partial charge in [0.2, 0.25) is 0 Å². The van der Waals surface area contributed by atoms with Gasteiger partial charge < -0.3 is 19.6 Å². The number of nitrogens with zero attached hydrogens (tertiary/aromatic N) is 3. The van der Waals surface area contributed by atoms with Gasteiger partial charge >= 0.3 is 18.1 Å². The number of hydrogen-bond donors (Lipinski definition) is 1. The molecule has 35 heavy (non-hydrogen) atoms. The van der Waals surface area contributed by atoms with Crippen LogP contribution in [0.15, 0.2) is 48.5 Å². The van der Waals surface area contributed by atoms with Crippen molar-refractivity contribution >= 4 is 23.8 Å². The Labute approximate surface area is 204 Å². The number of benzene rings is 2. The van der Waals surface area contributed by atoms with Gasteiger partial charge in [0.15, 0.2) is 0 Å². The number of esters is 1. The van der Waals surface area contributed by atoms with E-state index < -0.39 is 18.7 Å². The molecule has 2 aromatic carbocycles. The summed E-state index contributed by atoms with van der Waals surface area (Å²) in [6.07, 6.45) is 1.50. The van der Waals surface area contributed by atoms with Crippen molar-refractivity contribution in [1.82, 2.24) is 9.80 Å². The first-order valence-electron chi connectivity index (χ1n) is 11.8. The molecule has 2 aromatic rings. The fourth-order valence-electron chi connectivity index (χ4n) is 4.26. The van der Waals surface area contributed by atoms with Crippen LogP contribution in [-0.4, -0.2) is 65.8 Å². The van der Waals surface area contributed by atoms with Crippen molar-refractivity contribution in [3.8, 4) is 0 Å². The molecule has 1 saturated heterocycles. The summed E-state index contributed by atoms with van der Waals surface area (Å²) in [7, 11) is 1.31. The number of unbranched alkanes of at least 4 members (excludes halogenated alkanes) is 1. The summed E-state index contributed by atoms with van der Waals surface area (Å²) in [5.74, 6) is -0.449. The SMILES string of the molecule is CCCCC1CN(C(=O)N(Cc2ccc(C(=O)OC)cc2)c2cccc(CF)c2)CCN1C(=O)O. The van der Waals surface area contributed by atoms with Gasteiger partial charge in [0.05, 0.1) is 25.3 Å². The molecular formula is C26H32FN3O5. The Morgan fingerprint density at radius 1 is 1.11 bits per heavy atom. The zero-order valence-corrected chi connectivity index (χ0v) is 20.2. The molecular weight excluding hydrogens is 453 g/mol. The lowest BCUT2D eigenvalue weighted by Gasteiger charge is -2.41. The molecule has 1 aliphatic rings.